The zero-order valence-corrected chi connectivity index (χ0v) is 18.1. The van der Waals surface area contributed by atoms with Gasteiger partial charge in [0.2, 0.25) is 0 Å². The van der Waals surface area contributed by atoms with Gasteiger partial charge >= 0.3 is 0 Å². The van der Waals surface area contributed by atoms with Gasteiger partial charge in [-0.15, -0.1) is 0 Å². The van der Waals surface area contributed by atoms with Crippen LogP contribution < -0.4 is 15.4 Å². The van der Waals surface area contributed by atoms with E-state index in [1.807, 2.05) is 57.2 Å². The number of anilines is 1. The van der Waals surface area contributed by atoms with Gasteiger partial charge < -0.3 is 15.4 Å². The predicted octanol–water partition coefficient (Wildman–Crippen LogP) is 5.61. The van der Waals surface area contributed by atoms with E-state index in [2.05, 4.69) is 10.6 Å². The van der Waals surface area contributed by atoms with Gasteiger partial charge in [-0.25, -0.2) is 0 Å². The number of nitrogens with one attached hydrogen (secondary N) is 2. The first-order valence-electron chi connectivity index (χ1n) is 10.5. The second-order valence-electron chi connectivity index (χ2n) is 7.50. The van der Waals surface area contributed by atoms with Crippen LogP contribution in [0.3, 0.4) is 0 Å². The molecular weight excluding hydrogens is 388 g/mol. The van der Waals surface area contributed by atoms with E-state index in [4.69, 9.17) is 4.74 Å². The molecule has 0 aromatic heterocycles. The average molecular weight is 417 g/mol. The van der Waals surface area contributed by atoms with Crippen LogP contribution in [-0.2, 0) is 0 Å². The summed E-state index contributed by atoms with van der Waals surface area (Å²) in [6.45, 7) is 5.99. The molecule has 0 heterocycles. The standard InChI is InChI=1S/C26H28N2O3/c1-4-18(2)31-24-12-8-11-22(17-24)26(30)28-23-15-13-21(14-16-23)25(29)27-19(3)20-9-6-5-7-10-20/h5-19H,4H2,1-3H3,(H,27,29)(H,28,30). The van der Waals surface area contributed by atoms with E-state index in [1.165, 1.54) is 0 Å². The minimum Gasteiger partial charge on any atom is -0.491 e. The summed E-state index contributed by atoms with van der Waals surface area (Å²) in [5, 5.41) is 5.84. The van der Waals surface area contributed by atoms with E-state index in [0.717, 1.165) is 12.0 Å². The molecule has 0 aliphatic rings. The molecule has 3 aromatic rings. The highest BCUT2D eigenvalue weighted by atomic mass is 16.5. The lowest BCUT2D eigenvalue weighted by atomic mass is 10.1. The van der Waals surface area contributed by atoms with Gasteiger partial charge in [-0.05, 0) is 68.3 Å². The molecule has 0 spiro atoms. The van der Waals surface area contributed by atoms with Crippen molar-refractivity contribution in [2.45, 2.75) is 39.3 Å². The van der Waals surface area contributed by atoms with Crippen molar-refractivity contribution in [2.24, 2.45) is 0 Å². The number of benzene rings is 3. The number of rotatable bonds is 8. The van der Waals surface area contributed by atoms with Gasteiger partial charge in [0.05, 0.1) is 12.1 Å². The van der Waals surface area contributed by atoms with Gasteiger partial charge in [0.1, 0.15) is 5.75 Å². The van der Waals surface area contributed by atoms with Crippen LogP contribution in [0.2, 0.25) is 0 Å². The van der Waals surface area contributed by atoms with E-state index in [1.54, 1.807) is 42.5 Å². The minimum absolute atomic E-state index is 0.0848. The Kier molecular flexibility index (Phi) is 7.44. The molecule has 0 radical (unpaired) electrons. The molecule has 160 valence electrons. The lowest BCUT2D eigenvalue weighted by molar-refractivity contribution is 0.0939. The molecular formula is C26H28N2O3. The van der Waals surface area contributed by atoms with Crippen molar-refractivity contribution in [1.82, 2.24) is 5.32 Å². The fraction of sp³-hybridized carbons (Fsp3) is 0.231. The van der Waals surface area contributed by atoms with Gasteiger partial charge in [0.15, 0.2) is 0 Å². The van der Waals surface area contributed by atoms with Gasteiger partial charge in [-0.2, -0.15) is 0 Å². The van der Waals surface area contributed by atoms with E-state index < -0.39 is 0 Å². The monoisotopic (exact) mass is 416 g/mol. The van der Waals surface area contributed by atoms with Crippen molar-refractivity contribution < 1.29 is 14.3 Å². The maximum absolute atomic E-state index is 12.6. The molecule has 2 N–H and O–H groups in total. The Hall–Kier alpha value is -3.60. The van der Waals surface area contributed by atoms with Crippen LogP contribution in [0, 0.1) is 0 Å². The van der Waals surface area contributed by atoms with Crippen molar-refractivity contribution in [3.63, 3.8) is 0 Å². The zero-order valence-electron chi connectivity index (χ0n) is 18.1. The zero-order chi connectivity index (χ0) is 22.2. The second kappa shape index (κ2) is 10.4. The maximum atomic E-state index is 12.6. The Bertz CT molecular complexity index is 1020. The summed E-state index contributed by atoms with van der Waals surface area (Å²) in [5.41, 5.74) is 2.70. The molecule has 2 amide bonds. The minimum atomic E-state index is -0.232. The van der Waals surface area contributed by atoms with E-state index in [-0.39, 0.29) is 24.0 Å². The number of carbonyl (C=O) groups excluding carboxylic acids is 2. The highest BCUT2D eigenvalue weighted by molar-refractivity contribution is 6.04. The van der Waals surface area contributed by atoms with Crippen molar-refractivity contribution in [3.05, 3.63) is 95.6 Å². The molecule has 0 saturated heterocycles. The molecule has 0 fully saturated rings. The predicted molar refractivity (Wildman–Crippen MR) is 124 cm³/mol. The average Bonchev–Trinajstić information content (AvgIpc) is 2.80. The number of ether oxygens (including phenoxy) is 1. The summed E-state index contributed by atoms with van der Waals surface area (Å²) in [4.78, 5) is 25.1. The van der Waals surface area contributed by atoms with Crippen LogP contribution in [0.4, 0.5) is 5.69 Å². The smallest absolute Gasteiger partial charge is 0.255 e. The molecule has 0 saturated carbocycles. The lowest BCUT2D eigenvalue weighted by Gasteiger charge is -2.15. The van der Waals surface area contributed by atoms with Crippen molar-refractivity contribution in [3.8, 4) is 5.75 Å². The van der Waals surface area contributed by atoms with E-state index >= 15 is 0 Å². The van der Waals surface area contributed by atoms with Crippen LogP contribution in [0.25, 0.3) is 0 Å². The largest absolute Gasteiger partial charge is 0.491 e. The number of carbonyl (C=O) groups is 2. The second-order valence-corrected chi connectivity index (χ2v) is 7.50. The first-order valence-corrected chi connectivity index (χ1v) is 10.5. The van der Waals surface area contributed by atoms with Gasteiger partial charge in [-0.3, -0.25) is 9.59 Å². The number of amides is 2. The number of hydrogen-bond donors (Lipinski definition) is 2. The summed E-state index contributed by atoms with van der Waals surface area (Å²) in [7, 11) is 0. The fourth-order valence-electron chi connectivity index (χ4n) is 3.04. The maximum Gasteiger partial charge on any atom is 0.255 e. The molecule has 2 atom stereocenters. The van der Waals surface area contributed by atoms with Crippen LogP contribution >= 0.6 is 0 Å². The first kappa shape index (κ1) is 22.1. The summed E-state index contributed by atoms with van der Waals surface area (Å²) in [6, 6.07) is 23.6. The van der Waals surface area contributed by atoms with E-state index in [9.17, 15) is 9.59 Å². The fourth-order valence-corrected chi connectivity index (χ4v) is 3.04. The first-order chi connectivity index (χ1) is 15.0. The normalized spacial score (nSPS) is 12.5. The molecule has 5 heteroatoms. The molecule has 2 unspecified atom stereocenters. The van der Waals surface area contributed by atoms with Crippen LogP contribution in [-0.4, -0.2) is 17.9 Å². The third-order valence-corrected chi connectivity index (χ3v) is 5.06. The van der Waals surface area contributed by atoms with Gasteiger partial charge in [0.25, 0.3) is 11.8 Å². The molecule has 31 heavy (non-hydrogen) atoms. The highest BCUT2D eigenvalue weighted by Crippen LogP contribution is 2.18. The van der Waals surface area contributed by atoms with Crippen molar-refractivity contribution >= 4 is 17.5 Å². The van der Waals surface area contributed by atoms with E-state index in [0.29, 0.717) is 22.6 Å². The Morgan fingerprint density at radius 3 is 2.23 bits per heavy atom. The quantitative estimate of drug-likeness (QED) is 0.502. The summed E-state index contributed by atoms with van der Waals surface area (Å²) < 4.78 is 5.79. The van der Waals surface area contributed by atoms with Crippen LogP contribution in [0.1, 0.15) is 59.5 Å². The summed E-state index contributed by atoms with van der Waals surface area (Å²) in [6.07, 6.45) is 0.974. The van der Waals surface area contributed by atoms with Crippen molar-refractivity contribution in [1.29, 1.82) is 0 Å². The Morgan fingerprint density at radius 2 is 1.55 bits per heavy atom. The Morgan fingerprint density at radius 1 is 0.839 bits per heavy atom. The molecule has 0 bridgehead atoms. The molecule has 0 aliphatic carbocycles. The lowest BCUT2D eigenvalue weighted by Crippen LogP contribution is -2.26. The van der Waals surface area contributed by atoms with Crippen molar-refractivity contribution in [2.75, 3.05) is 5.32 Å². The molecule has 3 rings (SSSR count). The third-order valence-electron chi connectivity index (χ3n) is 5.06. The molecule has 0 aliphatic heterocycles. The van der Waals surface area contributed by atoms with Gasteiger partial charge in [0, 0.05) is 16.8 Å². The summed E-state index contributed by atoms with van der Waals surface area (Å²) >= 11 is 0. The van der Waals surface area contributed by atoms with Crippen LogP contribution in [0.5, 0.6) is 5.75 Å². The SMILES string of the molecule is CCC(C)Oc1cccc(C(=O)Nc2ccc(C(=O)NC(C)c3ccccc3)cc2)c1. The number of hydrogen-bond acceptors (Lipinski definition) is 3. The Labute approximate surface area is 183 Å². The molecule has 3 aromatic carbocycles. The Balaban J connectivity index is 1.60. The highest BCUT2D eigenvalue weighted by Gasteiger charge is 2.12. The van der Waals surface area contributed by atoms with Crippen LogP contribution in [0.15, 0.2) is 78.9 Å². The topological polar surface area (TPSA) is 67.4 Å². The summed E-state index contributed by atoms with van der Waals surface area (Å²) in [5.74, 6) is 0.273. The third kappa shape index (κ3) is 6.19. The van der Waals surface area contributed by atoms with Gasteiger partial charge in [-0.1, -0.05) is 43.3 Å². The molecule has 5 nitrogen and oxygen atoms in total.